The second-order valence-corrected chi connectivity index (χ2v) is 11.9. The summed E-state index contributed by atoms with van der Waals surface area (Å²) in [5.74, 6) is 4.03. The second kappa shape index (κ2) is 6.95. The molecule has 1 aromatic rings. The summed E-state index contributed by atoms with van der Waals surface area (Å²) in [5, 5.41) is 2.89. The third kappa shape index (κ3) is 5.06. The molecule has 0 fully saturated rings. The van der Waals surface area contributed by atoms with Crippen LogP contribution in [0.1, 0.15) is 56.2 Å². The van der Waals surface area contributed by atoms with E-state index >= 15 is 0 Å². The highest BCUT2D eigenvalue weighted by Gasteiger charge is 2.15. The van der Waals surface area contributed by atoms with Crippen LogP contribution in [0.5, 0.6) is 0 Å². The first-order valence-corrected chi connectivity index (χ1v) is 11.1. The maximum Gasteiger partial charge on any atom is 0.211 e. The van der Waals surface area contributed by atoms with Crippen LogP contribution in [0.3, 0.4) is 0 Å². The van der Waals surface area contributed by atoms with E-state index in [4.69, 9.17) is 0 Å². The van der Waals surface area contributed by atoms with Crippen LogP contribution in [0.15, 0.2) is 12.1 Å². The van der Waals surface area contributed by atoms with Gasteiger partial charge in [-0.2, -0.15) is 0 Å². The van der Waals surface area contributed by atoms with Crippen LogP contribution < -0.4 is 5.32 Å². The minimum absolute atomic E-state index is 0.346. The smallest absolute Gasteiger partial charge is 0.211 e. The first kappa shape index (κ1) is 17.5. The number of hydrogen-bond donors (Lipinski definition) is 1. The summed E-state index contributed by atoms with van der Waals surface area (Å²) >= 11 is 0. The molecule has 0 aromatic heterocycles. The van der Waals surface area contributed by atoms with Crippen LogP contribution >= 0.6 is 0 Å². The van der Waals surface area contributed by atoms with Gasteiger partial charge in [-0.3, -0.25) is 4.79 Å². The monoisotopic (exact) mass is 301 g/mol. The zero-order chi connectivity index (χ0) is 16.2. The lowest BCUT2D eigenvalue weighted by molar-refractivity contribution is -0.105. The number of carbonyl (C=O) groups excluding carboxylic acids is 1. The number of carbonyl (C=O) groups is 1. The molecule has 2 nitrogen and oxygen atoms in total. The van der Waals surface area contributed by atoms with E-state index in [1.54, 1.807) is 0 Å². The fraction of sp³-hybridized carbons (Fsp3) is 0.500. The summed E-state index contributed by atoms with van der Waals surface area (Å²) in [4.78, 5) is 10.9. The molecular weight excluding hydrogens is 274 g/mol. The number of nitrogens with one attached hydrogen (secondary N) is 1. The van der Waals surface area contributed by atoms with E-state index in [0.717, 1.165) is 28.8 Å². The van der Waals surface area contributed by atoms with Gasteiger partial charge in [0, 0.05) is 11.3 Å². The first-order chi connectivity index (χ1) is 9.65. The van der Waals surface area contributed by atoms with Crippen LogP contribution in [0.2, 0.25) is 19.6 Å². The average molecular weight is 302 g/mol. The van der Waals surface area contributed by atoms with Gasteiger partial charge in [-0.05, 0) is 35.1 Å². The Morgan fingerprint density at radius 3 is 1.86 bits per heavy atom. The summed E-state index contributed by atoms with van der Waals surface area (Å²) in [6, 6.07) is 4.24. The zero-order valence-electron chi connectivity index (χ0n) is 14.3. The van der Waals surface area contributed by atoms with Crippen molar-refractivity contribution in [1.29, 1.82) is 0 Å². The Hall–Kier alpha value is -1.53. The molecular formula is C18H27NOSi. The van der Waals surface area contributed by atoms with Crippen molar-refractivity contribution < 1.29 is 4.79 Å². The van der Waals surface area contributed by atoms with E-state index in [1.165, 1.54) is 0 Å². The molecule has 21 heavy (non-hydrogen) atoms. The normalized spacial score (nSPS) is 11.3. The fourth-order valence-corrected chi connectivity index (χ4v) is 2.68. The van der Waals surface area contributed by atoms with Crippen molar-refractivity contribution in [2.45, 2.75) is 59.2 Å². The molecule has 0 unspecified atom stereocenters. The predicted octanol–water partition coefficient (Wildman–Crippen LogP) is 4.73. The van der Waals surface area contributed by atoms with Crippen molar-refractivity contribution in [3.63, 3.8) is 0 Å². The zero-order valence-corrected chi connectivity index (χ0v) is 15.3. The standard InChI is InChI=1S/C18H27NOSi/c1-13(2)16-10-15(8-9-21(5,6)7)11-17(14(3)4)18(16)19-12-20/h10-14H,1-7H3,(H,19,20). The summed E-state index contributed by atoms with van der Waals surface area (Å²) in [5.41, 5.74) is 7.75. The van der Waals surface area contributed by atoms with E-state index in [-0.39, 0.29) is 0 Å². The largest absolute Gasteiger partial charge is 0.328 e. The average Bonchev–Trinajstić information content (AvgIpc) is 2.35. The highest BCUT2D eigenvalue weighted by Crippen LogP contribution is 2.33. The molecule has 0 saturated heterocycles. The van der Waals surface area contributed by atoms with Crippen LogP contribution in [-0.2, 0) is 4.79 Å². The molecule has 1 N–H and O–H groups in total. The Bertz CT molecular complexity index is 542. The van der Waals surface area contributed by atoms with E-state index in [1.807, 2.05) is 0 Å². The molecule has 3 heteroatoms. The molecule has 0 aliphatic heterocycles. The maximum atomic E-state index is 10.9. The number of rotatable bonds is 4. The minimum Gasteiger partial charge on any atom is -0.328 e. The van der Waals surface area contributed by atoms with E-state index in [0.29, 0.717) is 11.8 Å². The number of hydrogen-bond acceptors (Lipinski definition) is 1. The molecule has 0 bridgehead atoms. The summed E-state index contributed by atoms with van der Waals surface area (Å²) in [6.07, 6.45) is 0.764. The molecule has 0 atom stereocenters. The van der Waals surface area contributed by atoms with Crippen molar-refractivity contribution in [2.75, 3.05) is 5.32 Å². The highest BCUT2D eigenvalue weighted by molar-refractivity contribution is 6.83. The second-order valence-electron chi connectivity index (χ2n) is 7.10. The van der Waals surface area contributed by atoms with Crippen LogP contribution in [-0.4, -0.2) is 14.5 Å². The fourth-order valence-electron chi connectivity index (χ4n) is 2.16. The van der Waals surface area contributed by atoms with Gasteiger partial charge in [-0.1, -0.05) is 53.3 Å². The van der Waals surface area contributed by atoms with Gasteiger partial charge >= 0.3 is 0 Å². The Morgan fingerprint density at radius 1 is 1.05 bits per heavy atom. The van der Waals surface area contributed by atoms with E-state index < -0.39 is 8.07 Å². The van der Waals surface area contributed by atoms with E-state index in [2.05, 4.69) is 76.2 Å². The Morgan fingerprint density at radius 2 is 1.52 bits per heavy atom. The molecule has 1 rings (SSSR count). The quantitative estimate of drug-likeness (QED) is 0.486. The lowest BCUT2D eigenvalue weighted by atomic mass is 9.90. The Labute approximate surface area is 130 Å². The molecule has 114 valence electrons. The lowest BCUT2D eigenvalue weighted by Gasteiger charge is -2.19. The summed E-state index contributed by atoms with van der Waals surface area (Å²) in [6.45, 7) is 15.3. The predicted molar refractivity (Wildman–Crippen MR) is 94.5 cm³/mol. The van der Waals surface area contributed by atoms with Gasteiger partial charge in [0.25, 0.3) is 0 Å². The van der Waals surface area contributed by atoms with Crippen molar-refractivity contribution in [1.82, 2.24) is 0 Å². The summed E-state index contributed by atoms with van der Waals surface area (Å²) < 4.78 is 0. The van der Waals surface area contributed by atoms with Crippen LogP contribution in [0, 0.1) is 11.5 Å². The van der Waals surface area contributed by atoms with Gasteiger partial charge < -0.3 is 5.32 Å². The topological polar surface area (TPSA) is 29.1 Å². The summed E-state index contributed by atoms with van der Waals surface area (Å²) in [7, 11) is -1.39. The van der Waals surface area contributed by atoms with E-state index in [9.17, 15) is 4.79 Å². The van der Waals surface area contributed by atoms with Gasteiger partial charge in [-0.15, -0.1) is 5.54 Å². The van der Waals surface area contributed by atoms with Gasteiger partial charge in [-0.25, -0.2) is 0 Å². The Kier molecular flexibility index (Phi) is 5.80. The number of anilines is 1. The number of amides is 1. The van der Waals surface area contributed by atoms with Gasteiger partial charge in [0.05, 0.1) is 0 Å². The third-order valence-electron chi connectivity index (χ3n) is 3.23. The van der Waals surface area contributed by atoms with Gasteiger partial charge in [0.1, 0.15) is 8.07 Å². The maximum absolute atomic E-state index is 10.9. The van der Waals surface area contributed by atoms with Gasteiger partial charge in [0.2, 0.25) is 6.41 Å². The van der Waals surface area contributed by atoms with Crippen molar-refractivity contribution in [3.05, 3.63) is 28.8 Å². The molecule has 0 saturated carbocycles. The van der Waals surface area contributed by atoms with Crippen molar-refractivity contribution >= 4 is 20.2 Å². The lowest BCUT2D eigenvalue weighted by Crippen LogP contribution is -2.16. The minimum atomic E-state index is -1.39. The van der Waals surface area contributed by atoms with Crippen LogP contribution in [0.25, 0.3) is 0 Å². The van der Waals surface area contributed by atoms with Crippen molar-refractivity contribution in [2.24, 2.45) is 0 Å². The van der Waals surface area contributed by atoms with Crippen LogP contribution in [0.4, 0.5) is 5.69 Å². The molecule has 0 aliphatic carbocycles. The Balaban J connectivity index is 3.49. The third-order valence-corrected chi connectivity index (χ3v) is 4.10. The molecule has 0 radical (unpaired) electrons. The molecule has 0 aliphatic rings. The molecule has 0 heterocycles. The molecule has 0 spiro atoms. The van der Waals surface area contributed by atoms with Gasteiger partial charge in [0.15, 0.2) is 0 Å². The number of benzene rings is 1. The highest BCUT2D eigenvalue weighted by atomic mass is 28.3. The molecule has 1 aromatic carbocycles. The first-order valence-electron chi connectivity index (χ1n) is 7.57. The SMILES string of the molecule is CC(C)c1cc(C#C[Si](C)(C)C)cc(C(C)C)c1NC=O. The molecule has 1 amide bonds. The van der Waals surface area contributed by atoms with Crippen molar-refractivity contribution in [3.8, 4) is 11.5 Å².